The normalized spacial score (nSPS) is 18.4. The van der Waals surface area contributed by atoms with Crippen LogP contribution in [-0.4, -0.2) is 35.3 Å². The van der Waals surface area contributed by atoms with Gasteiger partial charge >= 0.3 is 0 Å². The topological polar surface area (TPSA) is 76.6 Å². The van der Waals surface area contributed by atoms with Crippen molar-refractivity contribution >= 4 is 11.7 Å². The smallest absolute Gasteiger partial charge is 0.271 e. The van der Waals surface area contributed by atoms with Crippen LogP contribution in [0.5, 0.6) is 11.5 Å². The fourth-order valence-corrected chi connectivity index (χ4v) is 3.64. The molecule has 1 fully saturated rings. The minimum Gasteiger partial charge on any atom is -0.454 e. The van der Waals surface area contributed by atoms with E-state index in [1.165, 1.54) is 19.3 Å². The summed E-state index contributed by atoms with van der Waals surface area (Å²) in [6.45, 7) is 3.84. The number of rotatable bonds is 5. The number of anilines is 1. The van der Waals surface area contributed by atoms with Crippen molar-refractivity contribution < 1.29 is 14.3 Å². The molecule has 0 saturated carbocycles. The third kappa shape index (κ3) is 3.82. The zero-order chi connectivity index (χ0) is 18.6. The Morgan fingerprint density at radius 1 is 1.22 bits per heavy atom. The first kappa shape index (κ1) is 17.6. The van der Waals surface area contributed by atoms with Crippen molar-refractivity contribution in [1.82, 2.24) is 15.3 Å². The molecule has 2 aromatic rings. The third-order valence-electron chi connectivity index (χ3n) is 5.15. The highest BCUT2D eigenvalue weighted by Crippen LogP contribution is 2.32. The Balaban J connectivity index is 1.37. The largest absolute Gasteiger partial charge is 0.454 e. The number of aromatic nitrogens is 2. The number of fused-ring (bicyclic) bond motifs is 1. The standard InChI is InChI=1S/C20H24N4O3/c1-2-15-5-3-4-8-24(15)19-12-21-16(11-22-19)20(25)23-10-14-6-7-17-18(9-14)27-13-26-17/h6-7,9,11-12,15H,2-5,8,10,13H2,1H3,(H,23,25). The van der Waals surface area contributed by atoms with Gasteiger partial charge < -0.3 is 19.7 Å². The average Bonchev–Trinajstić information content (AvgIpc) is 3.20. The lowest BCUT2D eigenvalue weighted by atomic mass is 10.0. The first-order valence-corrected chi connectivity index (χ1v) is 9.50. The molecule has 3 heterocycles. The second-order valence-corrected chi connectivity index (χ2v) is 6.88. The van der Waals surface area contributed by atoms with Gasteiger partial charge in [0.25, 0.3) is 5.91 Å². The summed E-state index contributed by atoms with van der Waals surface area (Å²) >= 11 is 0. The van der Waals surface area contributed by atoms with Crippen LogP contribution in [0.3, 0.4) is 0 Å². The molecular weight excluding hydrogens is 344 g/mol. The maximum Gasteiger partial charge on any atom is 0.271 e. The van der Waals surface area contributed by atoms with E-state index in [1.807, 2.05) is 18.2 Å². The molecule has 2 aliphatic rings. The minimum atomic E-state index is -0.239. The van der Waals surface area contributed by atoms with E-state index in [0.717, 1.165) is 30.1 Å². The highest BCUT2D eigenvalue weighted by atomic mass is 16.7. The average molecular weight is 368 g/mol. The summed E-state index contributed by atoms with van der Waals surface area (Å²) in [5.74, 6) is 2.05. The van der Waals surface area contributed by atoms with E-state index < -0.39 is 0 Å². The first-order chi connectivity index (χ1) is 13.2. The summed E-state index contributed by atoms with van der Waals surface area (Å²) in [5, 5.41) is 2.87. The maximum absolute atomic E-state index is 12.4. The number of piperidine rings is 1. The molecule has 1 amide bonds. The highest BCUT2D eigenvalue weighted by Gasteiger charge is 2.22. The summed E-state index contributed by atoms with van der Waals surface area (Å²) in [5.41, 5.74) is 1.26. The van der Waals surface area contributed by atoms with Crippen LogP contribution < -0.4 is 19.7 Å². The van der Waals surface area contributed by atoms with Gasteiger partial charge in [0.1, 0.15) is 11.5 Å². The molecule has 1 aromatic carbocycles. The lowest BCUT2D eigenvalue weighted by Gasteiger charge is -2.35. The van der Waals surface area contributed by atoms with Crippen molar-refractivity contribution in [3.05, 3.63) is 41.9 Å². The molecular formula is C20H24N4O3. The summed E-state index contributed by atoms with van der Waals surface area (Å²) < 4.78 is 10.7. The second kappa shape index (κ2) is 7.82. The van der Waals surface area contributed by atoms with E-state index in [2.05, 4.69) is 27.1 Å². The minimum absolute atomic E-state index is 0.239. The zero-order valence-electron chi connectivity index (χ0n) is 15.5. The van der Waals surface area contributed by atoms with Crippen molar-refractivity contribution in [3.8, 4) is 11.5 Å². The molecule has 1 saturated heterocycles. The molecule has 1 N–H and O–H groups in total. The van der Waals surface area contributed by atoms with Gasteiger partial charge in [0.2, 0.25) is 6.79 Å². The van der Waals surface area contributed by atoms with Crippen molar-refractivity contribution in [2.24, 2.45) is 0 Å². The quantitative estimate of drug-likeness (QED) is 0.874. The molecule has 4 rings (SSSR count). The van der Waals surface area contributed by atoms with E-state index >= 15 is 0 Å². The lowest BCUT2D eigenvalue weighted by Crippen LogP contribution is -2.39. The van der Waals surface area contributed by atoms with Gasteiger partial charge in [-0.15, -0.1) is 0 Å². The fourth-order valence-electron chi connectivity index (χ4n) is 3.64. The van der Waals surface area contributed by atoms with E-state index in [4.69, 9.17) is 9.47 Å². The Morgan fingerprint density at radius 3 is 2.93 bits per heavy atom. The molecule has 0 spiro atoms. The second-order valence-electron chi connectivity index (χ2n) is 6.88. The molecule has 0 aliphatic carbocycles. The van der Waals surface area contributed by atoms with Crippen molar-refractivity contribution in [2.75, 3.05) is 18.2 Å². The van der Waals surface area contributed by atoms with Gasteiger partial charge in [0.05, 0.1) is 12.4 Å². The van der Waals surface area contributed by atoms with Gasteiger partial charge in [0, 0.05) is 19.1 Å². The predicted octanol–water partition coefficient (Wildman–Crippen LogP) is 2.90. The molecule has 27 heavy (non-hydrogen) atoms. The van der Waals surface area contributed by atoms with E-state index in [0.29, 0.717) is 24.0 Å². The molecule has 1 atom stereocenters. The Bertz CT molecular complexity index is 809. The maximum atomic E-state index is 12.4. The number of ether oxygens (including phenoxy) is 2. The van der Waals surface area contributed by atoms with Crippen LogP contribution in [0.2, 0.25) is 0 Å². The molecule has 142 valence electrons. The molecule has 0 radical (unpaired) electrons. The number of carbonyl (C=O) groups is 1. The number of hydrogen-bond donors (Lipinski definition) is 1. The highest BCUT2D eigenvalue weighted by molar-refractivity contribution is 5.92. The molecule has 1 unspecified atom stereocenters. The Hall–Kier alpha value is -2.83. The SMILES string of the molecule is CCC1CCCCN1c1cnc(C(=O)NCc2ccc3c(c2)OCO3)cn1. The van der Waals surface area contributed by atoms with Gasteiger partial charge in [-0.05, 0) is 43.4 Å². The summed E-state index contributed by atoms with van der Waals surface area (Å²) in [7, 11) is 0. The van der Waals surface area contributed by atoms with Crippen molar-refractivity contribution in [1.29, 1.82) is 0 Å². The number of carbonyl (C=O) groups excluding carboxylic acids is 1. The van der Waals surface area contributed by atoms with Crippen LogP contribution in [0.4, 0.5) is 5.82 Å². The Labute approximate surface area is 158 Å². The van der Waals surface area contributed by atoms with Gasteiger partial charge in [-0.25, -0.2) is 9.97 Å². The molecule has 7 heteroatoms. The van der Waals surface area contributed by atoms with Crippen molar-refractivity contribution in [2.45, 2.75) is 45.2 Å². The number of amides is 1. The molecule has 1 aromatic heterocycles. The molecule has 2 aliphatic heterocycles. The Morgan fingerprint density at radius 2 is 2.11 bits per heavy atom. The van der Waals surface area contributed by atoms with Gasteiger partial charge in [0.15, 0.2) is 11.5 Å². The summed E-state index contributed by atoms with van der Waals surface area (Å²) in [4.78, 5) is 23.5. The van der Waals surface area contributed by atoms with Gasteiger partial charge in [-0.1, -0.05) is 13.0 Å². The first-order valence-electron chi connectivity index (χ1n) is 9.50. The fraction of sp³-hybridized carbons (Fsp3) is 0.450. The molecule has 0 bridgehead atoms. The number of benzene rings is 1. The van der Waals surface area contributed by atoms with Gasteiger partial charge in [-0.2, -0.15) is 0 Å². The number of nitrogens with one attached hydrogen (secondary N) is 1. The monoisotopic (exact) mass is 368 g/mol. The van der Waals surface area contributed by atoms with Crippen LogP contribution in [0.1, 0.15) is 48.7 Å². The Kier molecular flexibility index (Phi) is 5.09. The van der Waals surface area contributed by atoms with E-state index in [9.17, 15) is 4.79 Å². The summed E-state index contributed by atoms with van der Waals surface area (Å²) in [6.07, 6.45) is 8.00. The van der Waals surface area contributed by atoms with Crippen LogP contribution in [-0.2, 0) is 6.54 Å². The number of hydrogen-bond acceptors (Lipinski definition) is 6. The van der Waals surface area contributed by atoms with Crippen LogP contribution in [0, 0.1) is 0 Å². The van der Waals surface area contributed by atoms with Gasteiger partial charge in [-0.3, -0.25) is 4.79 Å². The van der Waals surface area contributed by atoms with Crippen LogP contribution in [0.25, 0.3) is 0 Å². The van der Waals surface area contributed by atoms with E-state index in [-0.39, 0.29) is 12.7 Å². The van der Waals surface area contributed by atoms with E-state index in [1.54, 1.807) is 12.4 Å². The molecule has 7 nitrogen and oxygen atoms in total. The zero-order valence-corrected chi connectivity index (χ0v) is 15.5. The predicted molar refractivity (Wildman–Crippen MR) is 101 cm³/mol. The number of nitrogens with zero attached hydrogens (tertiary/aromatic N) is 3. The lowest BCUT2D eigenvalue weighted by molar-refractivity contribution is 0.0945. The third-order valence-corrected chi connectivity index (χ3v) is 5.15. The van der Waals surface area contributed by atoms with Crippen molar-refractivity contribution in [3.63, 3.8) is 0 Å². The summed E-state index contributed by atoms with van der Waals surface area (Å²) in [6, 6.07) is 6.14. The van der Waals surface area contributed by atoms with Crippen LogP contribution in [0.15, 0.2) is 30.6 Å². The van der Waals surface area contributed by atoms with Crippen LogP contribution >= 0.6 is 0 Å².